The number of carbonyl (C=O) groups excluding carboxylic acids is 1. The summed E-state index contributed by atoms with van der Waals surface area (Å²) in [5.41, 5.74) is 1.47. The van der Waals surface area contributed by atoms with Gasteiger partial charge < -0.3 is 10.6 Å². The summed E-state index contributed by atoms with van der Waals surface area (Å²) in [5.74, 6) is -2.38. The predicted molar refractivity (Wildman–Crippen MR) is 115 cm³/mol. The summed E-state index contributed by atoms with van der Waals surface area (Å²) < 4.78 is 30.6. The van der Waals surface area contributed by atoms with Crippen molar-refractivity contribution in [2.75, 3.05) is 5.32 Å². The Labute approximate surface area is 182 Å². The van der Waals surface area contributed by atoms with E-state index in [9.17, 15) is 13.6 Å². The third-order valence-corrected chi connectivity index (χ3v) is 5.89. The number of carbonyl (C=O) groups is 1. The maximum absolute atomic E-state index is 13.7. The molecule has 1 aliphatic rings. The van der Waals surface area contributed by atoms with E-state index >= 15 is 0 Å². The molecule has 0 aromatic carbocycles. The lowest BCUT2D eigenvalue weighted by Crippen LogP contribution is -2.40. The first-order valence-corrected chi connectivity index (χ1v) is 10.6. The normalized spacial score (nSPS) is 19.3. The molecule has 0 unspecified atom stereocenters. The van der Waals surface area contributed by atoms with Crippen LogP contribution in [0.15, 0.2) is 49.1 Å². The molecule has 1 saturated carbocycles. The highest BCUT2D eigenvalue weighted by atomic mass is 19.3. The van der Waals surface area contributed by atoms with E-state index in [-0.39, 0.29) is 23.7 Å². The predicted octanol–water partition coefficient (Wildman–Crippen LogP) is 3.64. The van der Waals surface area contributed by atoms with Crippen LogP contribution in [0.5, 0.6) is 0 Å². The maximum atomic E-state index is 13.7. The molecule has 1 amide bonds. The van der Waals surface area contributed by atoms with Crippen molar-refractivity contribution in [3.63, 3.8) is 0 Å². The Kier molecular flexibility index (Phi) is 4.99. The van der Waals surface area contributed by atoms with Crippen molar-refractivity contribution in [2.24, 2.45) is 0 Å². The van der Waals surface area contributed by atoms with Gasteiger partial charge in [-0.05, 0) is 49.9 Å². The number of rotatable bonds is 5. The van der Waals surface area contributed by atoms with Crippen LogP contribution in [0.2, 0.25) is 0 Å². The molecule has 0 radical (unpaired) electrons. The molecule has 4 aromatic heterocycles. The molecule has 0 saturated heterocycles. The summed E-state index contributed by atoms with van der Waals surface area (Å²) in [6, 6.07) is 9.16. The second-order valence-corrected chi connectivity index (χ2v) is 8.30. The van der Waals surface area contributed by atoms with Crippen LogP contribution in [0.25, 0.3) is 11.3 Å². The maximum Gasteiger partial charge on any atom is 0.288 e. The first kappa shape index (κ1) is 20.3. The molecule has 8 nitrogen and oxygen atoms in total. The number of pyridine rings is 2. The smallest absolute Gasteiger partial charge is 0.288 e. The number of nitrogens with one attached hydrogen (secondary N) is 2. The lowest BCUT2D eigenvalue weighted by molar-refractivity contribution is 0.0133. The Bertz CT molecular complexity index is 1270. The van der Waals surface area contributed by atoms with Gasteiger partial charge >= 0.3 is 0 Å². The van der Waals surface area contributed by atoms with Crippen LogP contribution < -0.4 is 10.6 Å². The fourth-order valence-electron chi connectivity index (χ4n) is 4.15. The standard InChI is InChI=1S/C22H23F2N7O/c1-22(23,24)17-12-30-19(3-2-4-20(30)29-17)27-15-6-8-16(9-7-15)28-21(32)14-5-10-18-25-13-26-31(18)11-14/h2-5,10-13,15-16,27H,6-9H2,1H3,(H,28,32). The first-order valence-electron chi connectivity index (χ1n) is 10.6. The third kappa shape index (κ3) is 4.00. The summed E-state index contributed by atoms with van der Waals surface area (Å²) >= 11 is 0. The number of imidazole rings is 1. The number of hydrogen-bond donors (Lipinski definition) is 2. The molecule has 5 rings (SSSR count). The third-order valence-electron chi connectivity index (χ3n) is 5.89. The molecule has 10 heteroatoms. The number of aromatic nitrogens is 5. The Morgan fingerprint density at radius 2 is 1.84 bits per heavy atom. The summed E-state index contributed by atoms with van der Waals surface area (Å²) in [6.07, 6.45) is 7.87. The van der Waals surface area contributed by atoms with Crippen molar-refractivity contribution in [3.05, 3.63) is 60.3 Å². The van der Waals surface area contributed by atoms with Crippen molar-refractivity contribution < 1.29 is 13.6 Å². The summed E-state index contributed by atoms with van der Waals surface area (Å²) in [4.78, 5) is 20.7. The van der Waals surface area contributed by atoms with Gasteiger partial charge in [0.25, 0.3) is 11.8 Å². The van der Waals surface area contributed by atoms with E-state index in [0.29, 0.717) is 16.9 Å². The van der Waals surface area contributed by atoms with E-state index in [1.807, 2.05) is 6.07 Å². The van der Waals surface area contributed by atoms with Crippen LogP contribution in [0.1, 0.15) is 48.7 Å². The molecule has 0 bridgehead atoms. The molecule has 1 aliphatic carbocycles. The molecule has 4 heterocycles. The minimum atomic E-state index is -2.99. The van der Waals surface area contributed by atoms with Gasteiger partial charge in [-0.15, -0.1) is 0 Å². The quantitative estimate of drug-likeness (QED) is 0.496. The van der Waals surface area contributed by atoms with E-state index in [2.05, 4.69) is 25.7 Å². The van der Waals surface area contributed by atoms with Crippen LogP contribution >= 0.6 is 0 Å². The molecular formula is C22H23F2N7O. The van der Waals surface area contributed by atoms with Crippen molar-refractivity contribution in [2.45, 2.75) is 50.6 Å². The zero-order valence-corrected chi connectivity index (χ0v) is 17.5. The van der Waals surface area contributed by atoms with Crippen molar-refractivity contribution >= 4 is 23.0 Å². The highest BCUT2D eigenvalue weighted by molar-refractivity contribution is 5.94. The Morgan fingerprint density at radius 1 is 1.06 bits per heavy atom. The van der Waals surface area contributed by atoms with E-state index in [0.717, 1.165) is 38.4 Å². The summed E-state index contributed by atoms with van der Waals surface area (Å²) in [5, 5.41) is 10.6. The Balaban J connectivity index is 1.20. The van der Waals surface area contributed by atoms with Crippen molar-refractivity contribution in [1.82, 2.24) is 29.3 Å². The zero-order valence-electron chi connectivity index (χ0n) is 17.5. The fraction of sp³-hybridized carbons (Fsp3) is 0.364. The van der Waals surface area contributed by atoms with Gasteiger partial charge in [0.2, 0.25) is 0 Å². The number of hydrogen-bond acceptors (Lipinski definition) is 5. The topological polar surface area (TPSA) is 88.6 Å². The van der Waals surface area contributed by atoms with Gasteiger partial charge in [-0.1, -0.05) is 6.07 Å². The number of alkyl halides is 2. The highest BCUT2D eigenvalue weighted by Gasteiger charge is 2.28. The van der Waals surface area contributed by atoms with E-state index in [4.69, 9.17) is 0 Å². The number of halogens is 2. The van der Waals surface area contributed by atoms with Gasteiger partial charge in [0.05, 0.1) is 5.56 Å². The van der Waals surface area contributed by atoms with E-state index in [1.165, 1.54) is 12.5 Å². The highest BCUT2D eigenvalue weighted by Crippen LogP contribution is 2.28. The summed E-state index contributed by atoms with van der Waals surface area (Å²) in [7, 11) is 0. The van der Waals surface area contributed by atoms with Gasteiger partial charge in [-0.2, -0.15) is 13.9 Å². The monoisotopic (exact) mass is 439 g/mol. The molecule has 0 spiro atoms. The minimum Gasteiger partial charge on any atom is -0.368 e. The second kappa shape index (κ2) is 7.85. The SMILES string of the molecule is CC(F)(F)c1cn2c(NC3CCC(NC(=O)c4ccc5ncnn5c4)CC3)cccc2n1. The van der Waals surface area contributed by atoms with Crippen LogP contribution in [0, 0.1) is 0 Å². The molecule has 166 valence electrons. The van der Waals surface area contributed by atoms with Gasteiger partial charge in [-0.3, -0.25) is 9.20 Å². The number of fused-ring (bicyclic) bond motifs is 2. The van der Waals surface area contributed by atoms with Gasteiger partial charge in [0.1, 0.15) is 23.5 Å². The molecular weight excluding hydrogens is 416 g/mol. The number of amides is 1. The molecule has 32 heavy (non-hydrogen) atoms. The molecule has 0 aliphatic heterocycles. The van der Waals surface area contributed by atoms with Gasteiger partial charge in [0, 0.05) is 31.4 Å². The fourth-order valence-corrected chi connectivity index (χ4v) is 4.15. The molecule has 4 aromatic rings. The minimum absolute atomic E-state index is 0.0846. The van der Waals surface area contributed by atoms with E-state index < -0.39 is 5.92 Å². The average Bonchev–Trinajstić information content (AvgIpc) is 3.42. The first-order chi connectivity index (χ1) is 15.4. The lowest BCUT2D eigenvalue weighted by Gasteiger charge is -2.30. The van der Waals surface area contributed by atoms with Crippen LogP contribution in [0.3, 0.4) is 0 Å². The molecule has 0 atom stereocenters. The lowest BCUT2D eigenvalue weighted by atomic mass is 9.91. The van der Waals surface area contributed by atoms with Crippen LogP contribution in [-0.2, 0) is 5.92 Å². The number of nitrogens with zero attached hydrogens (tertiary/aromatic N) is 5. The summed E-state index contributed by atoms with van der Waals surface area (Å²) in [6.45, 7) is 0.849. The average molecular weight is 439 g/mol. The second-order valence-electron chi connectivity index (χ2n) is 8.30. The van der Waals surface area contributed by atoms with Crippen LogP contribution in [-0.4, -0.2) is 42.0 Å². The van der Waals surface area contributed by atoms with Crippen molar-refractivity contribution in [1.29, 1.82) is 0 Å². The Morgan fingerprint density at radius 3 is 2.62 bits per heavy atom. The number of anilines is 1. The van der Waals surface area contributed by atoms with Crippen LogP contribution in [0.4, 0.5) is 14.6 Å². The van der Waals surface area contributed by atoms with Gasteiger partial charge in [0.15, 0.2) is 5.65 Å². The van der Waals surface area contributed by atoms with Gasteiger partial charge in [-0.25, -0.2) is 14.5 Å². The molecule has 1 fully saturated rings. The Hall–Kier alpha value is -3.56. The van der Waals surface area contributed by atoms with E-state index in [1.54, 1.807) is 39.4 Å². The molecule has 2 N–H and O–H groups in total. The largest absolute Gasteiger partial charge is 0.368 e. The zero-order chi connectivity index (χ0) is 22.3. The van der Waals surface area contributed by atoms with Crippen molar-refractivity contribution in [3.8, 4) is 0 Å².